The number of rotatable bonds is 7. The first-order chi connectivity index (χ1) is 12.1. The topological polar surface area (TPSA) is 118 Å². The Kier molecular flexibility index (Phi) is 5.78. The number of anilines is 1. The van der Waals surface area contributed by atoms with Gasteiger partial charge >= 0.3 is 5.97 Å². The SMILES string of the molecule is O=C(O)CCN(c1cc([N+](=O)[O-])ccc1Cl)S(=O)(=O)c1ccc(F)cc1. The van der Waals surface area contributed by atoms with Gasteiger partial charge in [0.1, 0.15) is 5.82 Å². The second-order valence-electron chi connectivity index (χ2n) is 5.07. The zero-order valence-corrected chi connectivity index (χ0v) is 14.6. The molecule has 0 aromatic heterocycles. The first-order valence-corrected chi connectivity index (χ1v) is 8.89. The van der Waals surface area contributed by atoms with Gasteiger partial charge in [0.2, 0.25) is 0 Å². The number of carboxylic acid groups (broad SMARTS) is 1. The fourth-order valence-electron chi connectivity index (χ4n) is 2.11. The average molecular weight is 403 g/mol. The van der Waals surface area contributed by atoms with E-state index in [1.165, 1.54) is 0 Å². The maximum absolute atomic E-state index is 13.1. The summed E-state index contributed by atoms with van der Waals surface area (Å²) in [4.78, 5) is 20.8. The smallest absolute Gasteiger partial charge is 0.305 e. The van der Waals surface area contributed by atoms with Crippen molar-refractivity contribution in [3.63, 3.8) is 0 Å². The van der Waals surface area contributed by atoms with Crippen LogP contribution in [0, 0.1) is 15.9 Å². The van der Waals surface area contributed by atoms with Crippen LogP contribution in [0.15, 0.2) is 47.4 Å². The number of sulfonamides is 1. The van der Waals surface area contributed by atoms with Crippen LogP contribution in [0.5, 0.6) is 0 Å². The van der Waals surface area contributed by atoms with Crippen molar-refractivity contribution in [3.05, 3.63) is 63.4 Å². The van der Waals surface area contributed by atoms with Gasteiger partial charge in [0, 0.05) is 18.7 Å². The molecule has 0 unspecified atom stereocenters. The van der Waals surface area contributed by atoms with Gasteiger partial charge in [0.05, 0.1) is 26.9 Å². The van der Waals surface area contributed by atoms with E-state index in [0.717, 1.165) is 42.5 Å². The summed E-state index contributed by atoms with van der Waals surface area (Å²) in [5.74, 6) is -1.93. The summed E-state index contributed by atoms with van der Waals surface area (Å²) in [7, 11) is -4.34. The van der Waals surface area contributed by atoms with Gasteiger partial charge in [-0.05, 0) is 30.3 Å². The molecule has 11 heteroatoms. The number of non-ortho nitro benzene ring substituents is 1. The molecule has 0 amide bonds. The molecule has 2 aromatic rings. The molecule has 138 valence electrons. The number of hydrogen-bond donors (Lipinski definition) is 1. The number of hydrogen-bond acceptors (Lipinski definition) is 5. The highest BCUT2D eigenvalue weighted by Gasteiger charge is 2.28. The zero-order chi connectivity index (χ0) is 19.5. The van der Waals surface area contributed by atoms with Gasteiger partial charge in [-0.3, -0.25) is 19.2 Å². The molecule has 0 heterocycles. The number of nitrogens with zero attached hydrogens (tertiary/aromatic N) is 2. The Morgan fingerprint density at radius 2 is 1.85 bits per heavy atom. The van der Waals surface area contributed by atoms with Gasteiger partial charge < -0.3 is 5.11 Å². The van der Waals surface area contributed by atoms with E-state index in [-0.39, 0.29) is 15.6 Å². The summed E-state index contributed by atoms with van der Waals surface area (Å²) < 4.78 is 39.5. The second kappa shape index (κ2) is 7.67. The van der Waals surface area contributed by atoms with Crippen LogP contribution in [0.1, 0.15) is 6.42 Å². The zero-order valence-electron chi connectivity index (χ0n) is 13.0. The van der Waals surface area contributed by atoms with Crippen molar-refractivity contribution >= 4 is 39.0 Å². The molecule has 1 N–H and O–H groups in total. The van der Waals surface area contributed by atoms with Crippen molar-refractivity contribution < 1.29 is 27.6 Å². The van der Waals surface area contributed by atoms with Crippen LogP contribution >= 0.6 is 11.6 Å². The molecular weight excluding hydrogens is 391 g/mol. The van der Waals surface area contributed by atoms with Crippen molar-refractivity contribution in [1.82, 2.24) is 0 Å². The Balaban J connectivity index is 2.60. The first kappa shape index (κ1) is 19.6. The van der Waals surface area contributed by atoms with Crippen LogP contribution in [0.2, 0.25) is 5.02 Å². The molecule has 0 aliphatic rings. The Bertz CT molecular complexity index is 949. The Hall–Kier alpha value is -2.72. The minimum absolute atomic E-state index is 0.119. The van der Waals surface area contributed by atoms with E-state index in [9.17, 15) is 27.7 Å². The van der Waals surface area contributed by atoms with Crippen LogP contribution in [-0.4, -0.2) is 31.0 Å². The van der Waals surface area contributed by atoms with Crippen LogP contribution in [0.4, 0.5) is 15.8 Å². The van der Waals surface area contributed by atoms with E-state index in [1.54, 1.807) is 0 Å². The highest BCUT2D eigenvalue weighted by atomic mass is 35.5. The Morgan fingerprint density at radius 1 is 1.23 bits per heavy atom. The van der Waals surface area contributed by atoms with Crippen molar-refractivity contribution in [1.29, 1.82) is 0 Å². The number of halogens is 2. The lowest BCUT2D eigenvalue weighted by atomic mass is 10.2. The lowest BCUT2D eigenvalue weighted by Crippen LogP contribution is -2.33. The molecule has 2 aromatic carbocycles. The van der Waals surface area contributed by atoms with Crippen LogP contribution in [0.3, 0.4) is 0 Å². The van der Waals surface area contributed by atoms with E-state index >= 15 is 0 Å². The van der Waals surface area contributed by atoms with Crippen LogP contribution < -0.4 is 4.31 Å². The number of carbonyl (C=O) groups is 1. The third kappa shape index (κ3) is 4.27. The summed E-state index contributed by atoms with van der Waals surface area (Å²) in [6.07, 6.45) is -0.570. The summed E-state index contributed by atoms with van der Waals surface area (Å²) >= 11 is 5.99. The highest BCUT2D eigenvalue weighted by Crippen LogP contribution is 2.34. The number of carboxylic acids is 1. The molecule has 0 aliphatic heterocycles. The van der Waals surface area contributed by atoms with E-state index in [0.29, 0.717) is 4.31 Å². The fourth-order valence-corrected chi connectivity index (χ4v) is 3.85. The summed E-state index contributed by atoms with van der Waals surface area (Å²) in [5.41, 5.74) is -0.662. The molecule has 0 saturated heterocycles. The maximum atomic E-state index is 13.1. The Labute approximate surface area is 152 Å². The number of nitro benzene ring substituents is 1. The normalized spacial score (nSPS) is 11.2. The molecule has 0 spiro atoms. The van der Waals surface area contributed by atoms with Crippen molar-refractivity contribution in [3.8, 4) is 0 Å². The van der Waals surface area contributed by atoms with Crippen molar-refractivity contribution in [2.45, 2.75) is 11.3 Å². The number of nitro groups is 1. The van der Waals surface area contributed by atoms with Crippen LogP contribution in [-0.2, 0) is 14.8 Å². The molecular formula is C15H12ClFN2O6S. The Morgan fingerprint density at radius 3 is 2.38 bits per heavy atom. The van der Waals surface area contributed by atoms with Crippen molar-refractivity contribution in [2.24, 2.45) is 0 Å². The predicted molar refractivity (Wildman–Crippen MR) is 91.3 cm³/mol. The fraction of sp³-hybridized carbons (Fsp3) is 0.133. The largest absolute Gasteiger partial charge is 0.481 e. The molecule has 2 rings (SSSR count). The van der Waals surface area contributed by atoms with Gasteiger partial charge in [-0.15, -0.1) is 0 Å². The minimum Gasteiger partial charge on any atom is -0.481 e. The molecule has 8 nitrogen and oxygen atoms in total. The van der Waals surface area contributed by atoms with Crippen molar-refractivity contribution in [2.75, 3.05) is 10.8 Å². The standard InChI is InChI=1S/C15H12ClFN2O6S/c16-13-6-3-11(19(22)23)9-14(13)18(8-7-15(20)21)26(24,25)12-4-1-10(17)2-5-12/h1-6,9H,7-8H2,(H,20,21). The van der Waals surface area contributed by atoms with Gasteiger partial charge in [-0.1, -0.05) is 11.6 Å². The molecule has 0 fully saturated rings. The molecule has 0 atom stereocenters. The van der Waals surface area contributed by atoms with E-state index in [4.69, 9.17) is 16.7 Å². The summed E-state index contributed by atoms with van der Waals surface area (Å²) in [6.45, 7) is -0.518. The molecule has 0 bridgehead atoms. The predicted octanol–water partition coefficient (Wildman–Crippen LogP) is 3.06. The minimum atomic E-state index is -4.34. The molecule has 0 radical (unpaired) electrons. The lowest BCUT2D eigenvalue weighted by molar-refractivity contribution is -0.384. The second-order valence-corrected chi connectivity index (χ2v) is 7.34. The maximum Gasteiger partial charge on any atom is 0.305 e. The monoisotopic (exact) mass is 402 g/mol. The molecule has 26 heavy (non-hydrogen) atoms. The van der Waals surface area contributed by atoms with Gasteiger partial charge in [0.25, 0.3) is 15.7 Å². The van der Waals surface area contributed by atoms with E-state index in [2.05, 4.69) is 0 Å². The van der Waals surface area contributed by atoms with Crippen LogP contribution in [0.25, 0.3) is 0 Å². The van der Waals surface area contributed by atoms with Gasteiger partial charge in [-0.2, -0.15) is 0 Å². The lowest BCUT2D eigenvalue weighted by Gasteiger charge is -2.24. The quantitative estimate of drug-likeness (QED) is 0.561. The average Bonchev–Trinajstić information content (AvgIpc) is 2.56. The summed E-state index contributed by atoms with van der Waals surface area (Å²) in [5, 5.41) is 19.7. The molecule has 0 saturated carbocycles. The summed E-state index contributed by atoms with van der Waals surface area (Å²) in [6, 6.07) is 7.03. The molecule has 0 aliphatic carbocycles. The third-order valence-electron chi connectivity index (χ3n) is 3.34. The highest BCUT2D eigenvalue weighted by molar-refractivity contribution is 7.92. The van der Waals surface area contributed by atoms with Gasteiger partial charge in [0.15, 0.2) is 0 Å². The van der Waals surface area contributed by atoms with Gasteiger partial charge in [-0.25, -0.2) is 12.8 Å². The first-order valence-electron chi connectivity index (χ1n) is 7.07. The number of benzene rings is 2. The van der Waals surface area contributed by atoms with E-state index in [1.807, 2.05) is 0 Å². The van der Waals surface area contributed by atoms with E-state index < -0.39 is 45.4 Å². The third-order valence-corrected chi connectivity index (χ3v) is 5.49. The number of aliphatic carboxylic acids is 1.